The number of hydrogen-bond acceptors (Lipinski definition) is 3. The lowest BCUT2D eigenvalue weighted by Gasteiger charge is -2.08. The van der Waals surface area contributed by atoms with Crippen LogP contribution in [0.2, 0.25) is 0 Å². The van der Waals surface area contributed by atoms with Gasteiger partial charge in [-0.25, -0.2) is 18.6 Å². The van der Waals surface area contributed by atoms with E-state index < -0.39 is 18.9 Å². The van der Waals surface area contributed by atoms with Crippen molar-refractivity contribution in [2.45, 2.75) is 13.0 Å². The Kier molecular flexibility index (Phi) is 5.04. The molecule has 0 amide bonds. The minimum Gasteiger partial charge on any atom is -0.478 e. The molecule has 7 heteroatoms. The Hall–Kier alpha value is -2.80. The number of aromatic carboxylic acids is 1. The highest BCUT2D eigenvalue weighted by atomic mass is 32.1. The third kappa shape index (κ3) is 4.00. The molecule has 2 aromatic carbocycles. The van der Waals surface area contributed by atoms with Gasteiger partial charge in [0.1, 0.15) is 0 Å². The zero-order valence-electron chi connectivity index (χ0n) is 13.0. The zero-order chi connectivity index (χ0) is 17.8. The summed E-state index contributed by atoms with van der Waals surface area (Å²) in [6.45, 7) is -0.459. The Labute approximate surface area is 146 Å². The summed E-state index contributed by atoms with van der Waals surface area (Å²) in [5, 5.41) is 10.7. The van der Waals surface area contributed by atoms with Crippen LogP contribution < -0.4 is 4.80 Å². The van der Waals surface area contributed by atoms with Crippen LogP contribution in [-0.4, -0.2) is 22.1 Å². The van der Waals surface area contributed by atoms with Gasteiger partial charge in [-0.3, -0.25) is 0 Å². The van der Waals surface area contributed by atoms with E-state index in [1.165, 1.54) is 28.0 Å². The Morgan fingerprint density at radius 3 is 2.40 bits per heavy atom. The monoisotopic (exact) mass is 360 g/mol. The van der Waals surface area contributed by atoms with Gasteiger partial charge in [0.05, 0.1) is 23.5 Å². The van der Waals surface area contributed by atoms with Crippen molar-refractivity contribution < 1.29 is 18.7 Å². The van der Waals surface area contributed by atoms with E-state index in [2.05, 4.69) is 4.99 Å². The largest absolute Gasteiger partial charge is 0.478 e. The van der Waals surface area contributed by atoms with Crippen molar-refractivity contribution in [2.75, 3.05) is 0 Å². The maximum Gasteiger partial charge on any atom is 0.335 e. The van der Waals surface area contributed by atoms with Crippen LogP contribution in [0.4, 0.5) is 14.5 Å². The van der Waals surface area contributed by atoms with Gasteiger partial charge in [0.15, 0.2) is 4.80 Å². The number of benzene rings is 2. The molecule has 0 aliphatic rings. The van der Waals surface area contributed by atoms with Crippen LogP contribution in [0, 0.1) is 0 Å². The van der Waals surface area contributed by atoms with Gasteiger partial charge in [0.25, 0.3) is 6.43 Å². The number of rotatable bonds is 5. The standard InChI is InChI=1S/C18H14F2N2O2S/c19-16(20)10-22-15(12-4-2-1-3-5-12)11-25-18(22)21-14-8-6-13(7-9-14)17(23)24/h1-9,11,16H,10H2,(H,23,24). The minimum atomic E-state index is -2.51. The number of nitrogens with zero attached hydrogens (tertiary/aromatic N) is 2. The van der Waals surface area contributed by atoms with Crippen molar-refractivity contribution in [1.82, 2.24) is 4.57 Å². The summed E-state index contributed by atoms with van der Waals surface area (Å²) >= 11 is 1.26. The quantitative estimate of drug-likeness (QED) is 0.733. The second-order valence-electron chi connectivity index (χ2n) is 5.24. The number of hydrogen-bond donors (Lipinski definition) is 1. The SMILES string of the molecule is O=C(O)c1ccc(N=c2scc(-c3ccccc3)n2CC(F)F)cc1. The van der Waals surface area contributed by atoms with E-state index in [0.717, 1.165) is 5.56 Å². The second-order valence-corrected chi connectivity index (χ2v) is 6.07. The molecule has 3 aromatic rings. The molecule has 0 aliphatic carbocycles. The normalized spacial score (nSPS) is 11.9. The molecule has 3 rings (SSSR count). The van der Waals surface area contributed by atoms with Gasteiger partial charge in [-0.2, -0.15) is 0 Å². The maximum atomic E-state index is 13.0. The van der Waals surface area contributed by atoms with Crippen molar-refractivity contribution in [3.8, 4) is 11.3 Å². The average molecular weight is 360 g/mol. The predicted octanol–water partition coefficient (Wildman–Crippen LogP) is 4.41. The number of alkyl halides is 2. The molecule has 4 nitrogen and oxygen atoms in total. The molecule has 0 saturated carbocycles. The second kappa shape index (κ2) is 7.40. The molecule has 0 fully saturated rings. The van der Waals surface area contributed by atoms with E-state index in [9.17, 15) is 13.6 Å². The van der Waals surface area contributed by atoms with Crippen molar-refractivity contribution in [3.63, 3.8) is 0 Å². The fraction of sp³-hybridized carbons (Fsp3) is 0.111. The van der Waals surface area contributed by atoms with Crippen molar-refractivity contribution in [3.05, 3.63) is 70.3 Å². The van der Waals surface area contributed by atoms with E-state index in [1.807, 2.05) is 30.3 Å². The summed E-state index contributed by atoms with van der Waals surface area (Å²) in [4.78, 5) is 15.7. The van der Waals surface area contributed by atoms with Crippen molar-refractivity contribution in [2.24, 2.45) is 4.99 Å². The average Bonchev–Trinajstić information content (AvgIpc) is 2.98. The maximum absolute atomic E-state index is 13.0. The molecule has 1 N–H and O–H groups in total. The molecule has 1 aromatic heterocycles. The third-order valence-corrected chi connectivity index (χ3v) is 4.39. The Balaban J connectivity index is 2.06. The molecule has 0 spiro atoms. The molecule has 0 atom stereocenters. The third-order valence-electron chi connectivity index (χ3n) is 3.53. The Bertz CT molecular complexity index is 932. The summed E-state index contributed by atoms with van der Waals surface area (Å²) in [6.07, 6.45) is -2.51. The molecule has 0 unspecified atom stereocenters. The summed E-state index contributed by atoms with van der Waals surface area (Å²) in [5.74, 6) is -1.03. The lowest BCUT2D eigenvalue weighted by atomic mass is 10.2. The van der Waals surface area contributed by atoms with Crippen LogP contribution in [0.15, 0.2) is 65.0 Å². The molecule has 25 heavy (non-hydrogen) atoms. The number of carboxylic acid groups (broad SMARTS) is 1. The zero-order valence-corrected chi connectivity index (χ0v) is 13.8. The highest BCUT2D eigenvalue weighted by Crippen LogP contribution is 2.21. The number of thiazole rings is 1. The van der Waals surface area contributed by atoms with E-state index in [1.54, 1.807) is 17.5 Å². The van der Waals surface area contributed by atoms with Crippen LogP contribution in [0.3, 0.4) is 0 Å². The fourth-order valence-electron chi connectivity index (χ4n) is 2.36. The van der Waals surface area contributed by atoms with Crippen LogP contribution in [0.1, 0.15) is 10.4 Å². The van der Waals surface area contributed by atoms with Gasteiger partial charge >= 0.3 is 5.97 Å². The molecular weight excluding hydrogens is 346 g/mol. The van der Waals surface area contributed by atoms with Crippen LogP contribution in [0.25, 0.3) is 11.3 Å². The predicted molar refractivity (Wildman–Crippen MR) is 92.4 cm³/mol. The van der Waals surface area contributed by atoms with E-state index in [4.69, 9.17) is 5.11 Å². The van der Waals surface area contributed by atoms with Crippen LogP contribution in [-0.2, 0) is 6.54 Å². The molecule has 128 valence electrons. The molecule has 0 bridgehead atoms. The van der Waals surface area contributed by atoms with E-state index >= 15 is 0 Å². The van der Waals surface area contributed by atoms with Gasteiger partial charge in [0, 0.05) is 5.38 Å². The topological polar surface area (TPSA) is 54.6 Å². The summed E-state index contributed by atoms with van der Waals surface area (Å²) in [5.41, 5.74) is 2.17. The molecule has 0 saturated heterocycles. The van der Waals surface area contributed by atoms with Crippen molar-refractivity contribution >= 4 is 23.0 Å². The first-order valence-electron chi connectivity index (χ1n) is 7.44. The number of carboxylic acids is 1. The first-order valence-corrected chi connectivity index (χ1v) is 8.32. The van der Waals surface area contributed by atoms with Gasteiger partial charge < -0.3 is 9.67 Å². The molecular formula is C18H14F2N2O2S. The Morgan fingerprint density at radius 2 is 1.80 bits per heavy atom. The van der Waals surface area contributed by atoms with E-state index in [-0.39, 0.29) is 5.56 Å². The smallest absolute Gasteiger partial charge is 0.335 e. The first-order chi connectivity index (χ1) is 12.0. The van der Waals surface area contributed by atoms with Gasteiger partial charge in [0.2, 0.25) is 0 Å². The minimum absolute atomic E-state index is 0.149. The summed E-state index contributed by atoms with van der Waals surface area (Å²) in [7, 11) is 0. The van der Waals surface area contributed by atoms with Crippen molar-refractivity contribution in [1.29, 1.82) is 0 Å². The molecule has 0 radical (unpaired) electrons. The lowest BCUT2D eigenvalue weighted by molar-refractivity contribution is 0.0697. The molecule has 1 heterocycles. The van der Waals surface area contributed by atoms with Gasteiger partial charge in [-0.1, -0.05) is 30.3 Å². The molecule has 0 aliphatic heterocycles. The number of halogens is 2. The Morgan fingerprint density at radius 1 is 1.12 bits per heavy atom. The number of aromatic nitrogens is 1. The lowest BCUT2D eigenvalue weighted by Crippen LogP contribution is -2.20. The number of carbonyl (C=O) groups is 1. The first kappa shape index (κ1) is 17.0. The fourth-order valence-corrected chi connectivity index (χ4v) is 3.30. The van der Waals surface area contributed by atoms with Gasteiger partial charge in [-0.15, -0.1) is 11.3 Å². The highest BCUT2D eigenvalue weighted by molar-refractivity contribution is 7.07. The van der Waals surface area contributed by atoms with Gasteiger partial charge in [-0.05, 0) is 29.8 Å². The summed E-state index contributed by atoms with van der Waals surface area (Å²) < 4.78 is 27.5. The van der Waals surface area contributed by atoms with Crippen LogP contribution >= 0.6 is 11.3 Å². The van der Waals surface area contributed by atoms with E-state index in [0.29, 0.717) is 16.2 Å². The summed E-state index contributed by atoms with van der Waals surface area (Å²) in [6, 6.07) is 15.3. The van der Waals surface area contributed by atoms with Crippen LogP contribution in [0.5, 0.6) is 0 Å². The highest BCUT2D eigenvalue weighted by Gasteiger charge is 2.12.